The molecular weight excluding hydrogens is 332 g/mol. The molecule has 0 atom stereocenters. The maximum Gasteiger partial charge on any atom is 0.270 e. The largest absolute Gasteiger partial charge is 0.383 e. The van der Waals surface area contributed by atoms with E-state index in [0.717, 1.165) is 16.7 Å². The van der Waals surface area contributed by atoms with Gasteiger partial charge in [-0.3, -0.25) is 15.2 Å². The number of fused-ring (bicyclic) bond motifs is 1. The van der Waals surface area contributed by atoms with Crippen LogP contribution in [0.25, 0.3) is 33.4 Å². The van der Waals surface area contributed by atoms with E-state index in [4.69, 9.17) is 5.73 Å². The van der Waals surface area contributed by atoms with Crippen LogP contribution in [-0.4, -0.2) is 25.3 Å². The number of non-ortho nitro benzene ring substituents is 1. The lowest BCUT2D eigenvalue weighted by molar-refractivity contribution is -0.384. The van der Waals surface area contributed by atoms with Gasteiger partial charge < -0.3 is 5.73 Å². The summed E-state index contributed by atoms with van der Waals surface area (Å²) in [7, 11) is 0. The van der Waals surface area contributed by atoms with Crippen LogP contribution >= 0.6 is 0 Å². The number of nitrogens with one attached hydrogen (secondary N) is 1. The summed E-state index contributed by atoms with van der Waals surface area (Å²) in [5.74, 6) is 0.375. The highest BCUT2D eigenvalue weighted by molar-refractivity contribution is 6.05. The van der Waals surface area contributed by atoms with Crippen molar-refractivity contribution >= 4 is 22.5 Å². The lowest BCUT2D eigenvalue weighted by Gasteiger charge is -2.12. The molecule has 4 rings (SSSR count). The summed E-state index contributed by atoms with van der Waals surface area (Å²) < 4.78 is 0. The van der Waals surface area contributed by atoms with Gasteiger partial charge in [-0.05, 0) is 18.1 Å². The molecule has 2 aromatic carbocycles. The fraction of sp³-hybridized carbons (Fsp3) is 0.0556. The van der Waals surface area contributed by atoms with Crippen LogP contribution in [0.15, 0.2) is 48.5 Å². The topological polar surface area (TPSA) is 124 Å². The smallest absolute Gasteiger partial charge is 0.270 e. The van der Waals surface area contributed by atoms with Gasteiger partial charge >= 0.3 is 0 Å². The van der Waals surface area contributed by atoms with Crippen LogP contribution in [-0.2, 0) is 0 Å². The number of aromatic amines is 1. The molecule has 8 nitrogen and oxygen atoms in total. The first-order valence-electron chi connectivity index (χ1n) is 7.87. The second kappa shape index (κ2) is 5.92. The van der Waals surface area contributed by atoms with E-state index in [1.165, 1.54) is 12.1 Å². The van der Waals surface area contributed by atoms with Crippen LogP contribution in [0.1, 0.15) is 5.56 Å². The number of anilines is 1. The fourth-order valence-corrected chi connectivity index (χ4v) is 3.01. The van der Waals surface area contributed by atoms with Crippen molar-refractivity contribution in [3.05, 3.63) is 64.2 Å². The monoisotopic (exact) mass is 346 g/mol. The zero-order chi connectivity index (χ0) is 18.3. The van der Waals surface area contributed by atoms with Crippen LogP contribution < -0.4 is 5.73 Å². The summed E-state index contributed by atoms with van der Waals surface area (Å²) in [6, 6.07) is 14.1. The predicted molar refractivity (Wildman–Crippen MR) is 98.4 cm³/mol. The lowest BCUT2D eigenvalue weighted by Crippen LogP contribution is -1.98. The van der Waals surface area contributed by atoms with Crippen molar-refractivity contribution in [2.75, 3.05) is 5.73 Å². The van der Waals surface area contributed by atoms with E-state index in [1.54, 1.807) is 12.1 Å². The Morgan fingerprint density at radius 2 is 1.92 bits per heavy atom. The van der Waals surface area contributed by atoms with Crippen LogP contribution in [0, 0.1) is 17.0 Å². The van der Waals surface area contributed by atoms with E-state index in [9.17, 15) is 10.1 Å². The number of aromatic nitrogens is 4. The number of hydrogen-bond acceptors (Lipinski definition) is 6. The average Bonchev–Trinajstić information content (AvgIpc) is 3.03. The Labute approximate surface area is 147 Å². The molecule has 0 radical (unpaired) electrons. The van der Waals surface area contributed by atoms with Crippen molar-refractivity contribution in [1.29, 1.82) is 0 Å². The molecule has 2 heterocycles. The minimum Gasteiger partial charge on any atom is -0.383 e. The maximum absolute atomic E-state index is 11.2. The fourth-order valence-electron chi connectivity index (χ4n) is 3.01. The molecule has 26 heavy (non-hydrogen) atoms. The molecule has 0 saturated carbocycles. The number of nitro benzene ring substituents is 1. The van der Waals surface area contributed by atoms with Crippen LogP contribution in [0.2, 0.25) is 0 Å². The van der Waals surface area contributed by atoms with Crippen molar-refractivity contribution < 1.29 is 4.92 Å². The van der Waals surface area contributed by atoms with E-state index in [0.29, 0.717) is 28.1 Å². The standard InChI is InChI=1S/C18H14N6O2/c1-10-5-2-3-8-13(10)14-15-17(19)21-23-18(15)22-20-16(14)11-6-4-7-12(9-11)24(25)26/h2-9H,1H3,(H3,19,21,22,23). The molecule has 0 amide bonds. The molecule has 0 aliphatic carbocycles. The molecule has 3 N–H and O–H groups in total. The minimum atomic E-state index is -0.435. The molecule has 0 saturated heterocycles. The van der Waals surface area contributed by atoms with Gasteiger partial charge in [-0.15, -0.1) is 10.2 Å². The van der Waals surface area contributed by atoms with Gasteiger partial charge in [0.25, 0.3) is 5.69 Å². The number of nitrogens with two attached hydrogens (primary N) is 1. The van der Waals surface area contributed by atoms with Crippen molar-refractivity contribution in [2.45, 2.75) is 6.92 Å². The molecule has 128 valence electrons. The number of H-pyrrole nitrogens is 1. The second-order valence-electron chi connectivity index (χ2n) is 5.88. The molecule has 0 bridgehead atoms. The van der Waals surface area contributed by atoms with Crippen molar-refractivity contribution in [3.8, 4) is 22.4 Å². The molecule has 2 aromatic heterocycles. The summed E-state index contributed by atoms with van der Waals surface area (Å²) in [5.41, 5.74) is 10.3. The van der Waals surface area contributed by atoms with Crippen molar-refractivity contribution in [3.63, 3.8) is 0 Å². The Morgan fingerprint density at radius 3 is 2.69 bits per heavy atom. The predicted octanol–water partition coefficient (Wildman–Crippen LogP) is 3.49. The van der Waals surface area contributed by atoms with Gasteiger partial charge in [0.1, 0.15) is 11.5 Å². The van der Waals surface area contributed by atoms with Crippen molar-refractivity contribution in [2.24, 2.45) is 0 Å². The quantitative estimate of drug-likeness (QED) is 0.432. The highest BCUT2D eigenvalue weighted by Gasteiger charge is 2.21. The van der Waals surface area contributed by atoms with Crippen LogP contribution in [0.4, 0.5) is 11.5 Å². The Bertz CT molecular complexity index is 1150. The zero-order valence-corrected chi connectivity index (χ0v) is 13.8. The average molecular weight is 346 g/mol. The number of nitrogens with zero attached hydrogens (tertiary/aromatic N) is 4. The van der Waals surface area contributed by atoms with Gasteiger partial charge in [0.2, 0.25) is 5.65 Å². The van der Waals surface area contributed by atoms with Crippen LogP contribution in [0.5, 0.6) is 0 Å². The molecule has 4 aromatic rings. The number of hydrogen-bond donors (Lipinski definition) is 2. The van der Waals surface area contributed by atoms with E-state index in [1.807, 2.05) is 31.2 Å². The lowest BCUT2D eigenvalue weighted by atomic mass is 9.94. The number of nitrogen functional groups attached to an aromatic ring is 1. The SMILES string of the molecule is Cc1ccccc1-c1c(-c2cccc([N+](=O)[O-])c2)nnc2n[nH]c(N)c12. The van der Waals surface area contributed by atoms with E-state index in [-0.39, 0.29) is 5.69 Å². The molecule has 0 fully saturated rings. The first-order chi connectivity index (χ1) is 12.6. The van der Waals surface area contributed by atoms with Gasteiger partial charge in [0.05, 0.1) is 10.3 Å². The first kappa shape index (κ1) is 15.7. The number of benzene rings is 2. The first-order valence-corrected chi connectivity index (χ1v) is 7.87. The number of aryl methyl sites for hydroxylation is 1. The molecular formula is C18H14N6O2. The molecule has 8 heteroatoms. The van der Waals surface area contributed by atoms with Gasteiger partial charge in [-0.25, -0.2) is 0 Å². The van der Waals surface area contributed by atoms with E-state index >= 15 is 0 Å². The normalized spacial score (nSPS) is 11.0. The van der Waals surface area contributed by atoms with Crippen LogP contribution in [0.3, 0.4) is 0 Å². The summed E-state index contributed by atoms with van der Waals surface area (Å²) in [4.78, 5) is 10.7. The molecule has 0 aliphatic rings. The highest BCUT2D eigenvalue weighted by atomic mass is 16.6. The Hall–Kier alpha value is -3.81. The summed E-state index contributed by atoms with van der Waals surface area (Å²) in [5, 5.41) is 27.0. The maximum atomic E-state index is 11.2. The second-order valence-corrected chi connectivity index (χ2v) is 5.88. The Morgan fingerprint density at radius 1 is 1.12 bits per heavy atom. The molecule has 0 unspecified atom stereocenters. The Balaban J connectivity index is 2.09. The van der Waals surface area contributed by atoms with Gasteiger partial charge in [-0.1, -0.05) is 36.4 Å². The van der Waals surface area contributed by atoms with Gasteiger partial charge in [-0.2, -0.15) is 5.10 Å². The third kappa shape index (κ3) is 2.44. The zero-order valence-electron chi connectivity index (χ0n) is 13.8. The highest BCUT2D eigenvalue weighted by Crippen LogP contribution is 2.39. The van der Waals surface area contributed by atoms with Gasteiger partial charge in [0.15, 0.2) is 0 Å². The van der Waals surface area contributed by atoms with E-state index < -0.39 is 4.92 Å². The third-order valence-corrected chi connectivity index (χ3v) is 4.25. The summed E-state index contributed by atoms with van der Waals surface area (Å²) in [6.07, 6.45) is 0. The number of nitro groups is 1. The third-order valence-electron chi connectivity index (χ3n) is 4.25. The minimum absolute atomic E-state index is 0.0136. The summed E-state index contributed by atoms with van der Waals surface area (Å²) >= 11 is 0. The van der Waals surface area contributed by atoms with Crippen molar-refractivity contribution in [1.82, 2.24) is 20.4 Å². The van der Waals surface area contributed by atoms with Gasteiger partial charge in [0, 0.05) is 23.3 Å². The molecule has 0 spiro atoms. The molecule has 0 aliphatic heterocycles. The van der Waals surface area contributed by atoms with E-state index in [2.05, 4.69) is 20.4 Å². The Kier molecular flexibility index (Phi) is 3.58. The summed E-state index contributed by atoms with van der Waals surface area (Å²) in [6.45, 7) is 1.98. The number of rotatable bonds is 3.